The maximum Gasteiger partial charge on any atom is 0.244 e. The molecule has 3 heterocycles. The van der Waals surface area contributed by atoms with Crippen LogP contribution in [0.1, 0.15) is 47.6 Å². The Morgan fingerprint density at radius 2 is 1.77 bits per heavy atom. The summed E-state index contributed by atoms with van der Waals surface area (Å²) in [6.45, 7) is 4.75. The van der Waals surface area contributed by atoms with Crippen molar-refractivity contribution >= 4 is 29.2 Å². The Morgan fingerprint density at radius 3 is 2.53 bits per heavy atom. The number of carbonyl (C=O) groups is 3. The van der Waals surface area contributed by atoms with E-state index in [1.807, 2.05) is 62.5 Å². The summed E-state index contributed by atoms with van der Waals surface area (Å²) in [5, 5.41) is 9.20. The van der Waals surface area contributed by atoms with Crippen molar-refractivity contribution in [2.24, 2.45) is 5.41 Å². The number of carbonyl (C=O) groups excluding carboxylic acids is 3. The molecule has 1 aromatic heterocycles. The van der Waals surface area contributed by atoms with Crippen molar-refractivity contribution in [1.82, 2.24) is 20.1 Å². The number of benzene rings is 2. The number of nitrogens with zero attached hydrogens (tertiary/aromatic N) is 3. The minimum Gasteiger partial charge on any atom is -0.329 e. The number of pyridine rings is 1. The smallest absolute Gasteiger partial charge is 0.244 e. The fourth-order valence-electron chi connectivity index (χ4n) is 6.91. The zero-order valence-corrected chi connectivity index (χ0v) is 25.2. The summed E-state index contributed by atoms with van der Waals surface area (Å²) in [6.07, 6.45) is 4.36. The van der Waals surface area contributed by atoms with Crippen LogP contribution in [0.3, 0.4) is 0 Å². The molecule has 0 saturated carbocycles. The summed E-state index contributed by atoms with van der Waals surface area (Å²) in [5.74, 6) is 0.383. The average Bonchev–Trinajstić information content (AvgIpc) is 3.51. The van der Waals surface area contributed by atoms with Gasteiger partial charge < -0.3 is 25.8 Å². The number of hydrogen-bond acceptors (Lipinski definition) is 6. The molecule has 1 saturated heterocycles. The zero-order valence-electron chi connectivity index (χ0n) is 25.2. The van der Waals surface area contributed by atoms with E-state index < -0.39 is 10.8 Å². The predicted octanol–water partition coefficient (Wildman–Crippen LogP) is 3.49. The summed E-state index contributed by atoms with van der Waals surface area (Å²) in [4.78, 5) is 49.0. The largest absolute Gasteiger partial charge is 0.329 e. The third kappa shape index (κ3) is 5.55. The van der Waals surface area contributed by atoms with Crippen LogP contribution in [0.15, 0.2) is 60.8 Å². The number of nitrogens with one attached hydrogen (secondary N) is 3. The van der Waals surface area contributed by atoms with Crippen molar-refractivity contribution in [2.45, 2.75) is 51.1 Å². The van der Waals surface area contributed by atoms with Crippen molar-refractivity contribution in [2.75, 3.05) is 44.4 Å². The first-order chi connectivity index (χ1) is 20.7. The predicted molar refractivity (Wildman–Crippen MR) is 166 cm³/mol. The number of likely N-dealkylation sites (tertiary alicyclic amines) is 1. The molecule has 2 aliphatic heterocycles. The Hall–Kier alpha value is -4.08. The summed E-state index contributed by atoms with van der Waals surface area (Å²) >= 11 is 0. The van der Waals surface area contributed by atoms with Crippen LogP contribution in [-0.4, -0.2) is 66.2 Å². The second-order valence-corrected chi connectivity index (χ2v) is 12.6. The maximum atomic E-state index is 14.1. The first-order valence-corrected chi connectivity index (χ1v) is 15.1. The highest BCUT2D eigenvalue weighted by Crippen LogP contribution is 2.47. The van der Waals surface area contributed by atoms with Gasteiger partial charge >= 0.3 is 0 Å². The van der Waals surface area contributed by atoms with Crippen molar-refractivity contribution in [3.05, 3.63) is 88.6 Å². The van der Waals surface area contributed by atoms with Gasteiger partial charge in [-0.15, -0.1) is 0 Å². The van der Waals surface area contributed by atoms with Crippen LogP contribution in [0.5, 0.6) is 0 Å². The highest BCUT2D eigenvalue weighted by atomic mass is 16.2. The zero-order chi connectivity index (χ0) is 30.2. The lowest BCUT2D eigenvalue weighted by molar-refractivity contribution is -0.146. The Labute approximate surface area is 253 Å². The highest BCUT2D eigenvalue weighted by Gasteiger charge is 2.51. The minimum atomic E-state index is -0.665. The van der Waals surface area contributed by atoms with Crippen LogP contribution in [0.25, 0.3) is 0 Å². The van der Waals surface area contributed by atoms with E-state index >= 15 is 0 Å². The van der Waals surface area contributed by atoms with Gasteiger partial charge in [0.15, 0.2) is 0 Å². The molecule has 43 heavy (non-hydrogen) atoms. The average molecular weight is 581 g/mol. The Morgan fingerprint density at radius 1 is 1.02 bits per heavy atom. The van der Waals surface area contributed by atoms with Crippen molar-refractivity contribution in [3.8, 4) is 0 Å². The van der Waals surface area contributed by atoms with Gasteiger partial charge in [-0.3, -0.25) is 14.4 Å². The number of hydrogen-bond donors (Lipinski definition) is 3. The molecule has 3 aliphatic rings. The fourth-order valence-corrected chi connectivity index (χ4v) is 6.91. The molecule has 0 radical (unpaired) electrons. The quantitative estimate of drug-likeness (QED) is 0.377. The van der Waals surface area contributed by atoms with Gasteiger partial charge in [-0.1, -0.05) is 43.3 Å². The van der Waals surface area contributed by atoms with E-state index in [-0.39, 0.29) is 24.3 Å². The molecule has 1 unspecified atom stereocenters. The van der Waals surface area contributed by atoms with Crippen LogP contribution < -0.4 is 16.0 Å². The molecule has 3 aromatic rings. The van der Waals surface area contributed by atoms with E-state index in [9.17, 15) is 14.4 Å². The third-order valence-electron chi connectivity index (χ3n) is 9.54. The molecule has 1 aliphatic carbocycles. The van der Waals surface area contributed by atoms with Gasteiger partial charge in [-0.25, -0.2) is 4.98 Å². The highest BCUT2D eigenvalue weighted by molar-refractivity contribution is 6.06. The second kappa shape index (κ2) is 11.5. The van der Waals surface area contributed by atoms with Crippen molar-refractivity contribution < 1.29 is 14.4 Å². The molecule has 3 amide bonds. The van der Waals surface area contributed by atoms with Gasteiger partial charge in [0.25, 0.3) is 0 Å². The molecule has 1 fully saturated rings. The lowest BCUT2D eigenvalue weighted by atomic mass is 9.79. The van der Waals surface area contributed by atoms with Gasteiger partial charge in [0.2, 0.25) is 17.7 Å². The van der Waals surface area contributed by atoms with Gasteiger partial charge in [-0.2, -0.15) is 0 Å². The third-order valence-corrected chi connectivity index (χ3v) is 9.54. The van der Waals surface area contributed by atoms with Crippen molar-refractivity contribution in [1.29, 1.82) is 0 Å². The Kier molecular flexibility index (Phi) is 7.79. The monoisotopic (exact) mass is 580 g/mol. The summed E-state index contributed by atoms with van der Waals surface area (Å²) < 4.78 is 0. The van der Waals surface area contributed by atoms with E-state index in [1.54, 1.807) is 11.1 Å². The van der Waals surface area contributed by atoms with E-state index in [2.05, 4.69) is 38.9 Å². The normalized spacial score (nSPS) is 20.4. The van der Waals surface area contributed by atoms with Crippen LogP contribution in [0.4, 0.5) is 11.5 Å². The number of rotatable bonds is 8. The van der Waals surface area contributed by atoms with Crippen molar-refractivity contribution in [3.63, 3.8) is 0 Å². The molecule has 0 bridgehead atoms. The molecule has 9 heteroatoms. The van der Waals surface area contributed by atoms with Crippen LogP contribution >= 0.6 is 0 Å². The summed E-state index contributed by atoms with van der Waals surface area (Å²) in [6, 6.07) is 17.8. The number of piperidine rings is 1. The molecule has 1 spiro atoms. The molecule has 1 atom stereocenters. The molecular weight excluding hydrogens is 540 g/mol. The number of aromatic nitrogens is 1. The second-order valence-electron chi connectivity index (χ2n) is 12.6. The first-order valence-electron chi connectivity index (χ1n) is 15.1. The molecule has 6 rings (SSSR count). The number of fused-ring (bicyclic) bond motifs is 3. The standard InChI is InChI=1S/C34H40N6O3/c1-33(12-15-39(3)16-13-33)32(43)40(21-25-8-5-4-7-24(25)20-35-2)22-29(41)37-27-11-10-23-18-34(19-26(23)17-27)28-9-6-14-36-30(28)38-31(34)42/h4-11,14,17,35H,12-13,15-16,18-22H2,1-3H3,(H,37,41)(H,36,38,42). The molecular formula is C34H40N6O3. The summed E-state index contributed by atoms with van der Waals surface area (Å²) in [7, 11) is 3.98. The van der Waals surface area contributed by atoms with Crippen LogP contribution in [0.2, 0.25) is 0 Å². The molecule has 3 N–H and O–H groups in total. The van der Waals surface area contributed by atoms with Crippen LogP contribution in [-0.2, 0) is 45.7 Å². The maximum absolute atomic E-state index is 14.1. The lowest BCUT2D eigenvalue weighted by Gasteiger charge is -2.40. The molecule has 224 valence electrons. The number of anilines is 2. The van der Waals surface area contributed by atoms with Gasteiger partial charge in [0.05, 0.1) is 5.41 Å². The topological polar surface area (TPSA) is 107 Å². The van der Waals surface area contributed by atoms with Gasteiger partial charge in [0.1, 0.15) is 12.4 Å². The minimum absolute atomic E-state index is 0.0189. The van der Waals surface area contributed by atoms with Crippen LogP contribution in [0, 0.1) is 5.41 Å². The SMILES string of the molecule is CNCc1ccccc1CN(CC(=O)Nc1ccc2c(c1)CC1(C2)C(=O)Nc2ncccc21)C(=O)C1(C)CCN(C)CC1. The van der Waals surface area contributed by atoms with E-state index in [0.29, 0.717) is 37.4 Å². The Bertz CT molecular complexity index is 1560. The van der Waals surface area contributed by atoms with Gasteiger partial charge in [0, 0.05) is 36.0 Å². The van der Waals surface area contributed by atoms with Gasteiger partial charge in [-0.05, 0) is 93.3 Å². The Balaban J connectivity index is 1.20. The molecule has 9 nitrogen and oxygen atoms in total. The lowest BCUT2D eigenvalue weighted by Crippen LogP contribution is -2.49. The molecule has 2 aromatic carbocycles. The number of amides is 3. The fraction of sp³-hybridized carbons (Fsp3) is 0.412. The first kappa shape index (κ1) is 29.0. The van der Waals surface area contributed by atoms with E-state index in [0.717, 1.165) is 53.7 Å². The van der Waals surface area contributed by atoms with E-state index in [4.69, 9.17) is 0 Å². The summed E-state index contributed by atoms with van der Waals surface area (Å²) in [5.41, 5.74) is 4.69. The van der Waals surface area contributed by atoms with E-state index in [1.165, 1.54) is 0 Å².